The Kier molecular flexibility index (Phi) is 11.2. The number of carbonyl (C=O) groups excluding carboxylic acids is 1. The smallest absolute Gasteiger partial charge is 0.344 e. The maximum absolute atomic E-state index is 13.0. The van der Waals surface area contributed by atoms with Gasteiger partial charge in [0, 0.05) is 31.1 Å². The van der Waals surface area contributed by atoms with Crippen LogP contribution in [0.3, 0.4) is 0 Å². The molecule has 3 aromatic rings. The van der Waals surface area contributed by atoms with Gasteiger partial charge in [0.1, 0.15) is 11.9 Å². The number of benzene rings is 3. The highest BCUT2D eigenvalue weighted by atomic mass is 32.2. The van der Waals surface area contributed by atoms with Crippen molar-refractivity contribution >= 4 is 23.4 Å². The van der Waals surface area contributed by atoms with Crippen molar-refractivity contribution in [3.05, 3.63) is 89.0 Å². The molecule has 1 aliphatic heterocycles. The summed E-state index contributed by atoms with van der Waals surface area (Å²) in [6.07, 6.45) is 7.40. The van der Waals surface area contributed by atoms with E-state index >= 15 is 0 Å². The standard InChI is InChI=1S/C36H46N2O3S/c1-3-26-42-35-18-10-9-16-32(35)38-24-22-37(23-25-38)21-11-17-34(30-13-5-4-6-14-30)41-36(39)27-40-33-20-19-29-12-7-8-15-31(29)28(33)2/h4-6,9-10,13-14,16,18-20,34H,3,7-8,11-12,15,17,21-27H2,1-2H3/t34-/m1/s1. The van der Waals surface area contributed by atoms with Crippen molar-refractivity contribution in [3.63, 3.8) is 0 Å². The Hall–Kier alpha value is -2.96. The van der Waals surface area contributed by atoms with Gasteiger partial charge < -0.3 is 14.4 Å². The molecule has 0 aromatic heterocycles. The molecule has 1 fully saturated rings. The minimum absolute atomic E-state index is 0.0665. The first-order valence-electron chi connectivity index (χ1n) is 15.8. The summed E-state index contributed by atoms with van der Waals surface area (Å²) in [6, 6.07) is 23.1. The minimum atomic E-state index is -0.311. The fourth-order valence-electron chi connectivity index (χ4n) is 6.20. The van der Waals surface area contributed by atoms with Gasteiger partial charge in [-0.05, 0) is 105 Å². The molecule has 5 nitrogen and oxygen atoms in total. The third-order valence-electron chi connectivity index (χ3n) is 8.54. The average Bonchev–Trinajstić information content (AvgIpc) is 3.04. The first-order chi connectivity index (χ1) is 20.6. The van der Waals surface area contributed by atoms with Crippen LogP contribution in [0.25, 0.3) is 0 Å². The van der Waals surface area contributed by atoms with E-state index in [0.29, 0.717) is 0 Å². The molecule has 0 bridgehead atoms. The van der Waals surface area contributed by atoms with E-state index in [0.717, 1.165) is 75.5 Å². The monoisotopic (exact) mass is 586 g/mol. The number of thioether (sulfide) groups is 1. The van der Waals surface area contributed by atoms with Crippen LogP contribution >= 0.6 is 11.8 Å². The highest BCUT2D eigenvalue weighted by Gasteiger charge is 2.22. The minimum Gasteiger partial charge on any atom is -0.482 e. The van der Waals surface area contributed by atoms with Crippen molar-refractivity contribution in [1.29, 1.82) is 0 Å². The topological polar surface area (TPSA) is 42.0 Å². The lowest BCUT2D eigenvalue weighted by Gasteiger charge is -2.37. The largest absolute Gasteiger partial charge is 0.482 e. The molecule has 0 radical (unpaired) electrons. The molecular weight excluding hydrogens is 540 g/mol. The van der Waals surface area contributed by atoms with Gasteiger partial charge in [0.15, 0.2) is 6.61 Å². The Morgan fingerprint density at radius 1 is 0.929 bits per heavy atom. The molecule has 1 heterocycles. The molecule has 2 aliphatic rings. The molecule has 0 unspecified atom stereocenters. The van der Waals surface area contributed by atoms with Crippen LogP contribution in [0.5, 0.6) is 5.75 Å². The number of fused-ring (bicyclic) bond motifs is 1. The van der Waals surface area contributed by atoms with Gasteiger partial charge in [-0.2, -0.15) is 0 Å². The molecule has 224 valence electrons. The molecule has 1 saturated heterocycles. The quantitative estimate of drug-likeness (QED) is 0.151. The molecule has 0 spiro atoms. The number of nitrogens with zero attached hydrogens (tertiary/aromatic N) is 2. The Bertz CT molecular complexity index is 1290. The van der Waals surface area contributed by atoms with Gasteiger partial charge >= 0.3 is 5.97 Å². The number of aryl methyl sites for hydroxylation is 1. The Morgan fingerprint density at radius 2 is 1.69 bits per heavy atom. The normalized spacial score (nSPS) is 16.1. The van der Waals surface area contributed by atoms with Crippen molar-refractivity contribution in [2.75, 3.05) is 50.0 Å². The number of rotatable bonds is 13. The number of piperazine rings is 1. The summed E-state index contributed by atoms with van der Waals surface area (Å²) in [5.74, 6) is 1.65. The van der Waals surface area contributed by atoms with E-state index in [9.17, 15) is 4.79 Å². The maximum Gasteiger partial charge on any atom is 0.344 e. The zero-order chi connectivity index (χ0) is 29.1. The van der Waals surface area contributed by atoms with Crippen molar-refractivity contribution < 1.29 is 14.3 Å². The summed E-state index contributed by atoms with van der Waals surface area (Å²) in [6.45, 7) is 9.48. The maximum atomic E-state index is 13.0. The molecule has 1 aliphatic carbocycles. The van der Waals surface area contributed by atoms with Crippen LogP contribution in [-0.2, 0) is 22.4 Å². The summed E-state index contributed by atoms with van der Waals surface area (Å²) < 4.78 is 12.0. The van der Waals surface area contributed by atoms with Gasteiger partial charge in [-0.15, -0.1) is 11.8 Å². The zero-order valence-electron chi connectivity index (χ0n) is 25.4. The lowest BCUT2D eigenvalue weighted by Crippen LogP contribution is -2.46. The van der Waals surface area contributed by atoms with Crippen LogP contribution in [0.15, 0.2) is 71.6 Å². The number of anilines is 1. The van der Waals surface area contributed by atoms with Gasteiger partial charge in [-0.3, -0.25) is 4.90 Å². The van der Waals surface area contributed by atoms with Crippen LogP contribution in [-0.4, -0.2) is 56.0 Å². The molecule has 42 heavy (non-hydrogen) atoms. The van der Waals surface area contributed by atoms with Gasteiger partial charge in [0.25, 0.3) is 0 Å². The zero-order valence-corrected chi connectivity index (χ0v) is 26.2. The molecule has 3 aromatic carbocycles. The molecule has 1 atom stereocenters. The number of carbonyl (C=O) groups is 1. The first-order valence-corrected chi connectivity index (χ1v) is 16.8. The van der Waals surface area contributed by atoms with Crippen molar-refractivity contribution in [3.8, 4) is 5.75 Å². The van der Waals surface area contributed by atoms with Gasteiger partial charge in [-0.25, -0.2) is 4.79 Å². The first kappa shape index (κ1) is 30.5. The average molecular weight is 587 g/mol. The number of hydrogen-bond acceptors (Lipinski definition) is 6. The van der Waals surface area contributed by atoms with Crippen molar-refractivity contribution in [2.45, 2.75) is 69.8 Å². The summed E-state index contributed by atoms with van der Waals surface area (Å²) in [4.78, 5) is 19.4. The molecule has 0 saturated carbocycles. The van der Waals surface area contributed by atoms with Crippen molar-refractivity contribution in [1.82, 2.24) is 4.90 Å². The molecule has 5 rings (SSSR count). The number of esters is 1. The molecular formula is C36H46N2O3S. The number of hydrogen-bond donors (Lipinski definition) is 0. The Balaban J connectivity index is 1.11. The number of ether oxygens (including phenoxy) is 2. The van der Waals surface area contributed by atoms with E-state index in [-0.39, 0.29) is 18.7 Å². The van der Waals surface area contributed by atoms with Gasteiger partial charge in [0.2, 0.25) is 0 Å². The van der Waals surface area contributed by atoms with Gasteiger partial charge in [-0.1, -0.05) is 55.5 Å². The van der Waals surface area contributed by atoms with Crippen LogP contribution in [0.4, 0.5) is 5.69 Å². The second-order valence-corrected chi connectivity index (χ2v) is 12.6. The predicted octanol–water partition coefficient (Wildman–Crippen LogP) is 7.64. The molecule has 6 heteroatoms. The highest BCUT2D eigenvalue weighted by Crippen LogP contribution is 2.32. The highest BCUT2D eigenvalue weighted by molar-refractivity contribution is 7.99. The van der Waals surface area contributed by atoms with E-state index < -0.39 is 0 Å². The summed E-state index contributed by atoms with van der Waals surface area (Å²) in [7, 11) is 0. The van der Waals surface area contributed by atoms with Gasteiger partial charge in [0.05, 0.1) is 5.69 Å². The fraction of sp³-hybridized carbons (Fsp3) is 0.472. The second kappa shape index (κ2) is 15.5. The second-order valence-electron chi connectivity index (χ2n) is 11.5. The van der Waals surface area contributed by atoms with E-state index in [4.69, 9.17) is 9.47 Å². The van der Waals surface area contributed by atoms with Crippen LogP contribution in [0, 0.1) is 6.92 Å². The van der Waals surface area contributed by atoms with Crippen LogP contribution in [0.1, 0.15) is 67.4 Å². The van der Waals surface area contributed by atoms with E-state index in [1.54, 1.807) is 0 Å². The van der Waals surface area contributed by atoms with Crippen molar-refractivity contribution in [2.24, 2.45) is 0 Å². The molecule has 0 N–H and O–H groups in total. The number of para-hydroxylation sites is 1. The Labute approximate surface area is 256 Å². The fourth-order valence-corrected chi connectivity index (χ4v) is 7.15. The lowest BCUT2D eigenvalue weighted by atomic mass is 9.88. The third-order valence-corrected chi connectivity index (χ3v) is 9.81. The predicted molar refractivity (Wildman–Crippen MR) is 174 cm³/mol. The SMILES string of the molecule is CCCSc1ccccc1N1CCN(CCC[C@@H](OC(=O)COc2ccc3c(c2C)CCCC3)c2ccccc2)CC1. The lowest BCUT2D eigenvalue weighted by molar-refractivity contribution is -0.152. The van der Waals surface area contributed by atoms with E-state index in [2.05, 4.69) is 66.1 Å². The summed E-state index contributed by atoms with van der Waals surface area (Å²) >= 11 is 1.96. The van der Waals surface area contributed by atoms with E-state index in [1.807, 2.05) is 36.0 Å². The van der Waals surface area contributed by atoms with Crippen LogP contribution in [0.2, 0.25) is 0 Å². The summed E-state index contributed by atoms with van der Waals surface area (Å²) in [5.41, 5.74) is 6.41. The summed E-state index contributed by atoms with van der Waals surface area (Å²) in [5, 5.41) is 0. The molecule has 0 amide bonds. The third kappa shape index (κ3) is 8.11. The Morgan fingerprint density at radius 3 is 2.50 bits per heavy atom. The van der Waals surface area contributed by atoms with Crippen LogP contribution < -0.4 is 9.64 Å². The van der Waals surface area contributed by atoms with E-state index in [1.165, 1.54) is 46.5 Å².